The van der Waals surface area contributed by atoms with Gasteiger partial charge in [-0.3, -0.25) is 0 Å². The molecule has 1 atom stereocenters. The third kappa shape index (κ3) is 9.84. The second-order valence-corrected chi connectivity index (χ2v) is 4.59. The van der Waals surface area contributed by atoms with Crippen LogP contribution in [-0.2, 0) is 4.74 Å². The summed E-state index contributed by atoms with van der Waals surface area (Å²) in [5, 5.41) is 3.38. The highest BCUT2D eigenvalue weighted by atomic mass is 16.5. The number of hydrogen-bond donors (Lipinski definition) is 1. The summed E-state index contributed by atoms with van der Waals surface area (Å²) in [7, 11) is 0. The first kappa shape index (κ1) is 12.9. The molecule has 0 aromatic heterocycles. The molecule has 0 heterocycles. The zero-order chi connectivity index (χ0) is 10.3. The van der Waals surface area contributed by atoms with Gasteiger partial charge in [-0.15, -0.1) is 0 Å². The van der Waals surface area contributed by atoms with Gasteiger partial charge >= 0.3 is 0 Å². The molecule has 0 saturated heterocycles. The molecule has 0 aliphatic heterocycles. The molecule has 13 heavy (non-hydrogen) atoms. The lowest BCUT2D eigenvalue weighted by Crippen LogP contribution is -2.30. The molecule has 2 nitrogen and oxygen atoms in total. The van der Waals surface area contributed by atoms with Crippen LogP contribution in [0.5, 0.6) is 0 Å². The van der Waals surface area contributed by atoms with E-state index in [9.17, 15) is 0 Å². The van der Waals surface area contributed by atoms with Crippen LogP contribution in [0.25, 0.3) is 0 Å². The molecule has 0 spiro atoms. The first-order chi connectivity index (χ1) is 6.02. The number of rotatable bonds is 7. The van der Waals surface area contributed by atoms with Crippen molar-refractivity contribution < 1.29 is 4.74 Å². The van der Waals surface area contributed by atoms with Crippen LogP contribution in [0.15, 0.2) is 0 Å². The maximum Gasteiger partial charge on any atom is 0.0671 e. The molecule has 0 aromatic carbocycles. The summed E-state index contributed by atoms with van der Waals surface area (Å²) in [5.74, 6) is 1.35. The molecule has 0 rings (SSSR count). The van der Waals surface area contributed by atoms with E-state index < -0.39 is 0 Å². The molecular weight excluding hydrogens is 162 g/mol. The minimum atomic E-state index is 0.334. The molecule has 0 saturated carbocycles. The largest absolute Gasteiger partial charge is 0.377 e. The molecule has 1 N–H and O–H groups in total. The van der Waals surface area contributed by atoms with Crippen molar-refractivity contribution in [1.82, 2.24) is 5.32 Å². The van der Waals surface area contributed by atoms with Gasteiger partial charge in [-0.2, -0.15) is 0 Å². The lowest BCUT2D eigenvalue weighted by atomic mass is 10.2. The van der Waals surface area contributed by atoms with Crippen molar-refractivity contribution in [2.24, 2.45) is 11.8 Å². The van der Waals surface area contributed by atoms with Crippen LogP contribution in [0.4, 0.5) is 0 Å². The maximum absolute atomic E-state index is 5.62. The van der Waals surface area contributed by atoms with Crippen molar-refractivity contribution >= 4 is 0 Å². The molecule has 80 valence electrons. The van der Waals surface area contributed by atoms with Gasteiger partial charge in [0.2, 0.25) is 0 Å². The van der Waals surface area contributed by atoms with Gasteiger partial charge in [0.15, 0.2) is 0 Å². The first-order valence-corrected chi connectivity index (χ1v) is 5.34. The second kappa shape index (κ2) is 7.34. The van der Waals surface area contributed by atoms with Gasteiger partial charge in [-0.1, -0.05) is 27.7 Å². The maximum atomic E-state index is 5.62. The Bertz CT molecular complexity index is 113. The topological polar surface area (TPSA) is 21.3 Å². The van der Waals surface area contributed by atoms with Crippen LogP contribution in [0.3, 0.4) is 0 Å². The Kier molecular flexibility index (Phi) is 7.29. The van der Waals surface area contributed by atoms with Crippen molar-refractivity contribution in [2.45, 2.75) is 40.7 Å². The van der Waals surface area contributed by atoms with Crippen LogP contribution in [-0.4, -0.2) is 25.8 Å². The molecule has 0 amide bonds. The van der Waals surface area contributed by atoms with Gasteiger partial charge in [0.25, 0.3) is 0 Å². The third-order valence-corrected chi connectivity index (χ3v) is 1.70. The van der Waals surface area contributed by atoms with Crippen LogP contribution >= 0.6 is 0 Å². The summed E-state index contributed by atoms with van der Waals surface area (Å²) in [6, 6.07) is 0. The fraction of sp³-hybridized carbons (Fsp3) is 1.00. The number of ether oxygens (including phenoxy) is 1. The Morgan fingerprint density at radius 3 is 2.00 bits per heavy atom. The zero-order valence-corrected chi connectivity index (χ0v) is 9.76. The minimum absolute atomic E-state index is 0.334. The highest BCUT2D eigenvalue weighted by Gasteiger charge is 2.03. The lowest BCUT2D eigenvalue weighted by molar-refractivity contribution is 0.0475. The van der Waals surface area contributed by atoms with Crippen molar-refractivity contribution in [3.05, 3.63) is 0 Å². The minimum Gasteiger partial charge on any atom is -0.377 e. The van der Waals surface area contributed by atoms with E-state index in [0.717, 1.165) is 25.6 Å². The summed E-state index contributed by atoms with van der Waals surface area (Å²) in [6.45, 7) is 13.8. The Morgan fingerprint density at radius 2 is 1.54 bits per heavy atom. The Labute approximate surface area is 83.1 Å². The molecule has 0 aromatic rings. The van der Waals surface area contributed by atoms with Crippen molar-refractivity contribution in [3.8, 4) is 0 Å². The molecule has 0 bridgehead atoms. The zero-order valence-electron chi connectivity index (χ0n) is 9.76. The SMILES string of the molecule is CC(C)CNCC(C)OCC(C)C. The lowest BCUT2D eigenvalue weighted by Gasteiger charge is -2.16. The Hall–Kier alpha value is -0.0800. The van der Waals surface area contributed by atoms with Gasteiger partial charge in [-0.05, 0) is 25.3 Å². The average molecular weight is 187 g/mol. The third-order valence-electron chi connectivity index (χ3n) is 1.70. The molecule has 0 fully saturated rings. The summed E-state index contributed by atoms with van der Waals surface area (Å²) >= 11 is 0. The van der Waals surface area contributed by atoms with Gasteiger partial charge in [-0.25, -0.2) is 0 Å². The summed E-state index contributed by atoms with van der Waals surface area (Å²) in [6.07, 6.45) is 0.334. The predicted molar refractivity (Wildman–Crippen MR) is 58.0 cm³/mol. The molecule has 0 aliphatic carbocycles. The van der Waals surface area contributed by atoms with E-state index in [-0.39, 0.29) is 0 Å². The van der Waals surface area contributed by atoms with Gasteiger partial charge in [0.1, 0.15) is 0 Å². The Morgan fingerprint density at radius 1 is 0.923 bits per heavy atom. The van der Waals surface area contributed by atoms with Crippen molar-refractivity contribution in [2.75, 3.05) is 19.7 Å². The van der Waals surface area contributed by atoms with Gasteiger partial charge in [0, 0.05) is 13.2 Å². The summed E-state index contributed by atoms with van der Waals surface area (Å²) in [5.41, 5.74) is 0. The van der Waals surface area contributed by atoms with Crippen LogP contribution in [0.2, 0.25) is 0 Å². The van der Waals surface area contributed by atoms with Crippen molar-refractivity contribution in [1.29, 1.82) is 0 Å². The normalized spacial score (nSPS) is 14.1. The van der Waals surface area contributed by atoms with E-state index in [2.05, 4.69) is 39.9 Å². The molecule has 0 radical (unpaired) electrons. The van der Waals surface area contributed by atoms with E-state index in [1.165, 1.54) is 0 Å². The quantitative estimate of drug-likeness (QED) is 0.660. The van der Waals surface area contributed by atoms with Crippen LogP contribution in [0.1, 0.15) is 34.6 Å². The van der Waals surface area contributed by atoms with E-state index in [1.54, 1.807) is 0 Å². The standard InChI is InChI=1S/C11H25NO/c1-9(2)6-12-7-11(5)13-8-10(3)4/h9-12H,6-8H2,1-5H3. The van der Waals surface area contributed by atoms with E-state index in [1.807, 2.05) is 0 Å². The van der Waals surface area contributed by atoms with Gasteiger partial charge < -0.3 is 10.1 Å². The molecule has 0 aliphatic rings. The Balaban J connectivity index is 3.25. The highest BCUT2D eigenvalue weighted by molar-refractivity contribution is 4.57. The second-order valence-electron chi connectivity index (χ2n) is 4.59. The number of hydrogen-bond acceptors (Lipinski definition) is 2. The summed E-state index contributed by atoms with van der Waals surface area (Å²) < 4.78 is 5.62. The molecule has 2 heteroatoms. The van der Waals surface area contributed by atoms with Crippen LogP contribution < -0.4 is 5.32 Å². The van der Waals surface area contributed by atoms with Crippen molar-refractivity contribution in [3.63, 3.8) is 0 Å². The average Bonchev–Trinajstić information content (AvgIpc) is 2.00. The fourth-order valence-electron chi connectivity index (χ4n) is 0.991. The fourth-order valence-corrected chi connectivity index (χ4v) is 0.991. The van der Waals surface area contributed by atoms with Gasteiger partial charge in [0.05, 0.1) is 6.10 Å². The smallest absolute Gasteiger partial charge is 0.0671 e. The predicted octanol–water partition coefficient (Wildman–Crippen LogP) is 2.29. The highest BCUT2D eigenvalue weighted by Crippen LogP contribution is 1.97. The monoisotopic (exact) mass is 187 g/mol. The molecular formula is C11H25NO. The first-order valence-electron chi connectivity index (χ1n) is 5.34. The summed E-state index contributed by atoms with van der Waals surface area (Å²) in [4.78, 5) is 0. The van der Waals surface area contributed by atoms with E-state index >= 15 is 0 Å². The number of nitrogens with one attached hydrogen (secondary N) is 1. The van der Waals surface area contributed by atoms with Crippen LogP contribution in [0, 0.1) is 11.8 Å². The van der Waals surface area contributed by atoms with E-state index in [4.69, 9.17) is 4.74 Å². The molecule has 1 unspecified atom stereocenters. The van der Waals surface area contributed by atoms with E-state index in [0.29, 0.717) is 12.0 Å².